The fraction of sp³-hybridized carbons (Fsp3) is 1.00. The fourth-order valence-electron chi connectivity index (χ4n) is 2.20. The van der Waals surface area contributed by atoms with E-state index in [-0.39, 0.29) is 12.1 Å². The van der Waals surface area contributed by atoms with Crippen LogP contribution in [-0.4, -0.2) is 57.7 Å². The van der Waals surface area contributed by atoms with Crippen LogP contribution in [0.2, 0.25) is 0 Å². The number of hydrogen-bond acceptors (Lipinski definition) is 4. The largest absolute Gasteiger partial charge is 0.391 e. The smallest absolute Gasteiger partial charge is 0.0926 e. The Morgan fingerprint density at radius 2 is 1.75 bits per heavy atom. The number of hydrogen-bond donors (Lipinski definition) is 3. The summed E-state index contributed by atoms with van der Waals surface area (Å²) in [6.45, 7) is 1.35. The molecular formula is C8H15NO3. The van der Waals surface area contributed by atoms with E-state index in [0.717, 1.165) is 13.0 Å². The average molecular weight is 173 g/mol. The summed E-state index contributed by atoms with van der Waals surface area (Å²) in [5, 5.41) is 28.2. The first-order valence-electron chi connectivity index (χ1n) is 4.46. The SMILES string of the molecule is O[C@H]1CCN2C[C@H](O)[C@@H](O)CC12. The van der Waals surface area contributed by atoms with Gasteiger partial charge in [-0.2, -0.15) is 0 Å². The molecule has 0 amide bonds. The van der Waals surface area contributed by atoms with Crippen molar-refractivity contribution in [1.82, 2.24) is 4.90 Å². The van der Waals surface area contributed by atoms with Gasteiger partial charge < -0.3 is 15.3 Å². The lowest BCUT2D eigenvalue weighted by Crippen LogP contribution is -2.51. The first kappa shape index (κ1) is 8.44. The second-order valence-electron chi connectivity index (χ2n) is 3.79. The molecular weight excluding hydrogens is 158 g/mol. The monoisotopic (exact) mass is 173 g/mol. The maximum atomic E-state index is 9.49. The maximum absolute atomic E-state index is 9.49. The summed E-state index contributed by atoms with van der Waals surface area (Å²) in [6.07, 6.45) is -0.329. The summed E-state index contributed by atoms with van der Waals surface area (Å²) >= 11 is 0. The van der Waals surface area contributed by atoms with Gasteiger partial charge in [-0.15, -0.1) is 0 Å². The van der Waals surface area contributed by atoms with Crippen molar-refractivity contribution in [3.8, 4) is 0 Å². The van der Waals surface area contributed by atoms with Crippen LogP contribution >= 0.6 is 0 Å². The Balaban J connectivity index is 2.04. The highest BCUT2D eigenvalue weighted by atomic mass is 16.3. The van der Waals surface area contributed by atoms with Gasteiger partial charge in [-0.25, -0.2) is 0 Å². The molecule has 2 saturated heterocycles. The zero-order valence-electron chi connectivity index (χ0n) is 6.93. The standard InChI is InChI=1S/C8H15NO3/c10-6-1-2-9-4-8(12)7(11)3-5(6)9/h5-8,10-12H,1-4H2/t5?,6-,7-,8-/m0/s1. The molecule has 2 fully saturated rings. The summed E-state index contributed by atoms with van der Waals surface area (Å²) < 4.78 is 0. The van der Waals surface area contributed by atoms with E-state index in [2.05, 4.69) is 4.90 Å². The Morgan fingerprint density at radius 1 is 1.00 bits per heavy atom. The highest BCUT2D eigenvalue weighted by Gasteiger charge is 2.40. The Bertz CT molecular complexity index is 176. The number of aliphatic hydroxyl groups excluding tert-OH is 3. The Morgan fingerprint density at radius 3 is 2.50 bits per heavy atom. The molecule has 0 radical (unpaired) electrons. The van der Waals surface area contributed by atoms with E-state index in [0.29, 0.717) is 13.0 Å². The van der Waals surface area contributed by atoms with Gasteiger partial charge in [0, 0.05) is 19.1 Å². The lowest BCUT2D eigenvalue weighted by Gasteiger charge is -2.36. The van der Waals surface area contributed by atoms with E-state index in [1.54, 1.807) is 0 Å². The van der Waals surface area contributed by atoms with Gasteiger partial charge in [0.1, 0.15) is 0 Å². The van der Waals surface area contributed by atoms with Gasteiger partial charge in [0.2, 0.25) is 0 Å². The van der Waals surface area contributed by atoms with Crippen LogP contribution in [0.3, 0.4) is 0 Å². The van der Waals surface area contributed by atoms with Crippen molar-refractivity contribution in [1.29, 1.82) is 0 Å². The van der Waals surface area contributed by atoms with Crippen molar-refractivity contribution in [2.45, 2.75) is 37.2 Å². The van der Waals surface area contributed by atoms with Crippen LogP contribution in [0.4, 0.5) is 0 Å². The third kappa shape index (κ3) is 1.25. The summed E-state index contributed by atoms with van der Waals surface area (Å²) in [4.78, 5) is 2.06. The zero-order valence-corrected chi connectivity index (χ0v) is 6.93. The molecule has 0 aliphatic carbocycles. The quantitative estimate of drug-likeness (QED) is 0.419. The van der Waals surface area contributed by atoms with Gasteiger partial charge in [0.05, 0.1) is 18.3 Å². The first-order valence-corrected chi connectivity index (χ1v) is 4.46. The number of aliphatic hydroxyl groups is 3. The van der Waals surface area contributed by atoms with Gasteiger partial charge in [0.25, 0.3) is 0 Å². The number of nitrogens with zero attached hydrogens (tertiary/aromatic N) is 1. The minimum Gasteiger partial charge on any atom is -0.391 e. The van der Waals surface area contributed by atoms with Crippen molar-refractivity contribution in [2.75, 3.05) is 13.1 Å². The number of rotatable bonds is 0. The molecule has 4 heteroatoms. The molecule has 2 heterocycles. The van der Waals surface area contributed by atoms with Crippen LogP contribution in [0.25, 0.3) is 0 Å². The summed E-state index contributed by atoms with van der Waals surface area (Å²) in [5.41, 5.74) is 0. The van der Waals surface area contributed by atoms with E-state index in [1.807, 2.05) is 0 Å². The van der Waals surface area contributed by atoms with E-state index < -0.39 is 12.2 Å². The van der Waals surface area contributed by atoms with Crippen LogP contribution in [0.5, 0.6) is 0 Å². The predicted octanol–water partition coefficient (Wildman–Crippen LogP) is -1.45. The third-order valence-electron chi connectivity index (χ3n) is 2.97. The molecule has 0 aromatic carbocycles. The van der Waals surface area contributed by atoms with Crippen LogP contribution in [-0.2, 0) is 0 Å². The third-order valence-corrected chi connectivity index (χ3v) is 2.97. The lowest BCUT2D eigenvalue weighted by atomic mass is 9.96. The molecule has 4 atom stereocenters. The van der Waals surface area contributed by atoms with Gasteiger partial charge in [-0.1, -0.05) is 0 Å². The van der Waals surface area contributed by atoms with Crippen LogP contribution in [0, 0.1) is 0 Å². The molecule has 0 aromatic heterocycles. The minimum atomic E-state index is -0.654. The molecule has 0 spiro atoms. The highest BCUT2D eigenvalue weighted by molar-refractivity contribution is 4.95. The predicted molar refractivity (Wildman–Crippen MR) is 42.6 cm³/mol. The second-order valence-corrected chi connectivity index (χ2v) is 3.79. The molecule has 2 rings (SSSR count). The van der Waals surface area contributed by atoms with Gasteiger partial charge >= 0.3 is 0 Å². The Hall–Kier alpha value is -0.160. The van der Waals surface area contributed by atoms with E-state index in [9.17, 15) is 15.3 Å². The molecule has 0 saturated carbocycles. The van der Waals surface area contributed by atoms with Crippen LogP contribution in [0.15, 0.2) is 0 Å². The molecule has 1 unspecified atom stereocenters. The topological polar surface area (TPSA) is 63.9 Å². The van der Waals surface area contributed by atoms with Crippen molar-refractivity contribution >= 4 is 0 Å². The number of fused-ring (bicyclic) bond motifs is 1. The Kier molecular flexibility index (Phi) is 2.08. The summed E-state index contributed by atoms with van der Waals surface area (Å²) in [7, 11) is 0. The van der Waals surface area contributed by atoms with Gasteiger partial charge in [-0.3, -0.25) is 4.90 Å². The molecule has 2 aliphatic heterocycles. The van der Waals surface area contributed by atoms with Crippen LogP contribution in [0.1, 0.15) is 12.8 Å². The lowest BCUT2D eigenvalue weighted by molar-refractivity contribution is -0.0643. The summed E-state index contributed by atoms with van der Waals surface area (Å²) in [5.74, 6) is 0. The maximum Gasteiger partial charge on any atom is 0.0926 e. The molecule has 70 valence electrons. The minimum absolute atomic E-state index is 0.0726. The molecule has 0 aromatic rings. The van der Waals surface area contributed by atoms with Crippen molar-refractivity contribution in [2.24, 2.45) is 0 Å². The highest BCUT2D eigenvalue weighted by Crippen LogP contribution is 2.27. The first-order chi connectivity index (χ1) is 5.68. The zero-order chi connectivity index (χ0) is 8.72. The van der Waals surface area contributed by atoms with E-state index >= 15 is 0 Å². The Labute approximate surface area is 71.4 Å². The van der Waals surface area contributed by atoms with Gasteiger partial charge in [-0.05, 0) is 12.8 Å². The van der Waals surface area contributed by atoms with E-state index in [4.69, 9.17) is 0 Å². The van der Waals surface area contributed by atoms with Gasteiger partial charge in [0.15, 0.2) is 0 Å². The van der Waals surface area contributed by atoms with Crippen molar-refractivity contribution < 1.29 is 15.3 Å². The van der Waals surface area contributed by atoms with E-state index in [1.165, 1.54) is 0 Å². The second kappa shape index (κ2) is 2.96. The summed E-state index contributed by atoms with van der Waals surface area (Å²) in [6, 6.07) is 0.0726. The number of piperidine rings is 1. The molecule has 3 N–H and O–H groups in total. The van der Waals surface area contributed by atoms with Crippen LogP contribution < -0.4 is 0 Å². The van der Waals surface area contributed by atoms with Crippen molar-refractivity contribution in [3.05, 3.63) is 0 Å². The molecule has 2 aliphatic rings. The molecule has 4 nitrogen and oxygen atoms in total. The fourth-order valence-corrected chi connectivity index (χ4v) is 2.20. The normalized spacial score (nSPS) is 49.2. The molecule has 0 bridgehead atoms. The van der Waals surface area contributed by atoms with Crippen molar-refractivity contribution in [3.63, 3.8) is 0 Å². The average Bonchev–Trinajstić information content (AvgIpc) is 2.35. The molecule has 12 heavy (non-hydrogen) atoms.